The molecule has 5 heteroatoms. The highest BCUT2D eigenvalue weighted by atomic mass is 16.2. The van der Waals surface area contributed by atoms with Gasteiger partial charge < -0.3 is 5.32 Å². The molecule has 2 fully saturated rings. The van der Waals surface area contributed by atoms with Crippen molar-refractivity contribution in [2.75, 3.05) is 10.2 Å². The van der Waals surface area contributed by atoms with Crippen LogP contribution in [-0.4, -0.2) is 17.7 Å². The maximum absolute atomic E-state index is 12.9. The number of aryl methyl sites for hydroxylation is 2. The number of carbonyl (C=O) groups is 3. The van der Waals surface area contributed by atoms with Gasteiger partial charge in [-0.15, -0.1) is 0 Å². The predicted octanol–water partition coefficient (Wildman–Crippen LogP) is 3.87. The topological polar surface area (TPSA) is 66.5 Å². The molecule has 0 radical (unpaired) electrons. The van der Waals surface area contributed by atoms with Crippen molar-refractivity contribution in [3.63, 3.8) is 0 Å². The Labute approximate surface area is 169 Å². The van der Waals surface area contributed by atoms with Gasteiger partial charge in [0, 0.05) is 11.3 Å². The molecule has 0 spiro atoms. The van der Waals surface area contributed by atoms with Gasteiger partial charge in [-0.25, -0.2) is 0 Å². The second-order valence-electron chi connectivity index (χ2n) is 8.33. The summed E-state index contributed by atoms with van der Waals surface area (Å²) in [5.41, 5.74) is 3.86. The van der Waals surface area contributed by atoms with E-state index in [4.69, 9.17) is 0 Å². The number of imide groups is 1. The van der Waals surface area contributed by atoms with E-state index >= 15 is 0 Å². The molecular formula is C24H22N2O3. The molecule has 5 rings (SSSR count). The molecule has 2 bridgehead atoms. The van der Waals surface area contributed by atoms with E-state index in [9.17, 15) is 14.4 Å². The summed E-state index contributed by atoms with van der Waals surface area (Å²) >= 11 is 0. The van der Waals surface area contributed by atoms with Gasteiger partial charge in [0.05, 0.1) is 17.5 Å². The highest BCUT2D eigenvalue weighted by molar-refractivity contribution is 6.23. The fraction of sp³-hybridized carbons (Fsp3) is 0.292. The second kappa shape index (κ2) is 6.41. The summed E-state index contributed by atoms with van der Waals surface area (Å²) in [4.78, 5) is 39.8. The van der Waals surface area contributed by atoms with Gasteiger partial charge in [0.15, 0.2) is 0 Å². The van der Waals surface area contributed by atoms with Gasteiger partial charge >= 0.3 is 0 Å². The van der Waals surface area contributed by atoms with Gasteiger partial charge in [0.1, 0.15) is 0 Å². The number of benzene rings is 2. The Hall–Kier alpha value is -3.21. The summed E-state index contributed by atoms with van der Waals surface area (Å²) in [6.07, 6.45) is 5.08. The van der Waals surface area contributed by atoms with Crippen LogP contribution < -0.4 is 10.2 Å². The molecule has 1 heterocycles. The number of hydrogen-bond acceptors (Lipinski definition) is 3. The number of hydrogen-bond donors (Lipinski definition) is 1. The lowest BCUT2D eigenvalue weighted by Crippen LogP contribution is -2.32. The molecule has 146 valence electrons. The summed E-state index contributed by atoms with van der Waals surface area (Å²) in [7, 11) is 0. The average Bonchev–Trinajstić information content (AvgIpc) is 3.39. The number of anilines is 2. The number of nitrogens with one attached hydrogen (secondary N) is 1. The van der Waals surface area contributed by atoms with Crippen LogP contribution in [0.5, 0.6) is 0 Å². The van der Waals surface area contributed by atoms with Crippen molar-refractivity contribution in [1.82, 2.24) is 0 Å². The Morgan fingerprint density at radius 3 is 2.17 bits per heavy atom. The van der Waals surface area contributed by atoms with Gasteiger partial charge in [-0.2, -0.15) is 0 Å². The van der Waals surface area contributed by atoms with Crippen LogP contribution in [0.15, 0.2) is 54.6 Å². The van der Waals surface area contributed by atoms with Crippen molar-refractivity contribution in [3.05, 3.63) is 71.3 Å². The number of nitrogens with zero attached hydrogens (tertiary/aromatic N) is 1. The zero-order valence-corrected chi connectivity index (χ0v) is 16.4. The summed E-state index contributed by atoms with van der Waals surface area (Å²) < 4.78 is 0. The minimum absolute atomic E-state index is 0.107. The molecule has 3 amide bonds. The van der Waals surface area contributed by atoms with Gasteiger partial charge in [0.25, 0.3) is 5.91 Å². The summed E-state index contributed by atoms with van der Waals surface area (Å²) in [6.45, 7) is 3.92. The Balaban J connectivity index is 1.36. The van der Waals surface area contributed by atoms with Crippen LogP contribution in [0.25, 0.3) is 0 Å². The first-order valence-electron chi connectivity index (χ1n) is 9.99. The average molecular weight is 386 g/mol. The van der Waals surface area contributed by atoms with E-state index in [-0.39, 0.29) is 41.4 Å². The first-order valence-corrected chi connectivity index (χ1v) is 9.99. The second-order valence-corrected chi connectivity index (χ2v) is 8.33. The normalized spacial score (nSPS) is 26.9. The van der Waals surface area contributed by atoms with Crippen molar-refractivity contribution in [3.8, 4) is 0 Å². The van der Waals surface area contributed by atoms with Gasteiger partial charge in [-0.1, -0.05) is 24.3 Å². The maximum atomic E-state index is 12.9. The number of rotatable bonds is 3. The van der Waals surface area contributed by atoms with Gasteiger partial charge in [-0.05, 0) is 73.6 Å². The Bertz CT molecular complexity index is 1040. The predicted molar refractivity (Wildman–Crippen MR) is 111 cm³/mol. The number of carbonyl (C=O) groups excluding carboxylic acids is 3. The molecular weight excluding hydrogens is 364 g/mol. The lowest BCUT2D eigenvalue weighted by molar-refractivity contribution is -0.123. The summed E-state index contributed by atoms with van der Waals surface area (Å²) in [6, 6.07) is 12.6. The SMILES string of the molecule is Cc1ccc(C)c(NC(=O)c2ccc(N3C(=O)[C@@H]4[C@@H](C3=O)[C@H]3C=C[C@@H]4C3)cc2)c1. The third-order valence-electron chi connectivity index (χ3n) is 6.50. The molecule has 3 aliphatic rings. The van der Waals surface area contributed by atoms with Crippen LogP contribution in [0.4, 0.5) is 11.4 Å². The Kier molecular flexibility index (Phi) is 3.95. The molecule has 29 heavy (non-hydrogen) atoms. The van der Waals surface area contributed by atoms with Crippen LogP contribution >= 0.6 is 0 Å². The minimum atomic E-state index is -0.219. The molecule has 0 unspecified atom stereocenters. The van der Waals surface area contributed by atoms with E-state index in [1.165, 1.54) is 4.90 Å². The molecule has 4 atom stereocenters. The lowest BCUT2D eigenvalue weighted by Gasteiger charge is -2.17. The van der Waals surface area contributed by atoms with E-state index < -0.39 is 0 Å². The number of amides is 3. The quantitative estimate of drug-likeness (QED) is 0.643. The van der Waals surface area contributed by atoms with Crippen molar-refractivity contribution < 1.29 is 14.4 Å². The molecule has 0 aromatic heterocycles. The fourth-order valence-electron chi connectivity index (χ4n) is 4.98. The van der Waals surface area contributed by atoms with E-state index in [1.54, 1.807) is 24.3 Å². The van der Waals surface area contributed by atoms with Crippen molar-refractivity contribution in [2.24, 2.45) is 23.7 Å². The Morgan fingerprint density at radius 1 is 0.931 bits per heavy atom. The third kappa shape index (κ3) is 2.72. The number of allylic oxidation sites excluding steroid dienone is 2. The summed E-state index contributed by atoms with van der Waals surface area (Å²) in [5.74, 6) is -0.491. The molecule has 1 saturated heterocycles. The molecule has 2 aromatic rings. The van der Waals surface area contributed by atoms with Crippen LogP contribution in [0.1, 0.15) is 27.9 Å². The Morgan fingerprint density at radius 2 is 1.55 bits per heavy atom. The van der Waals surface area contributed by atoms with E-state index in [2.05, 4.69) is 17.5 Å². The molecule has 1 saturated carbocycles. The van der Waals surface area contributed by atoms with E-state index in [0.29, 0.717) is 11.3 Å². The first kappa shape index (κ1) is 17.9. The third-order valence-corrected chi connectivity index (χ3v) is 6.50. The fourth-order valence-corrected chi connectivity index (χ4v) is 4.98. The molecule has 2 aliphatic carbocycles. The van der Waals surface area contributed by atoms with Gasteiger partial charge in [-0.3, -0.25) is 19.3 Å². The van der Waals surface area contributed by atoms with Crippen LogP contribution in [0.3, 0.4) is 0 Å². The lowest BCUT2D eigenvalue weighted by atomic mass is 9.85. The van der Waals surface area contributed by atoms with Gasteiger partial charge in [0.2, 0.25) is 11.8 Å². The smallest absolute Gasteiger partial charge is 0.255 e. The van der Waals surface area contributed by atoms with Crippen LogP contribution in [0.2, 0.25) is 0 Å². The van der Waals surface area contributed by atoms with E-state index in [1.807, 2.05) is 32.0 Å². The molecule has 1 aliphatic heterocycles. The minimum Gasteiger partial charge on any atom is -0.322 e. The first-order chi connectivity index (χ1) is 13.9. The molecule has 2 aromatic carbocycles. The number of fused-ring (bicyclic) bond motifs is 5. The van der Waals surface area contributed by atoms with Crippen molar-refractivity contribution in [1.29, 1.82) is 0 Å². The summed E-state index contributed by atoms with van der Waals surface area (Å²) in [5, 5.41) is 2.93. The van der Waals surface area contributed by atoms with Crippen LogP contribution in [-0.2, 0) is 9.59 Å². The maximum Gasteiger partial charge on any atom is 0.255 e. The van der Waals surface area contributed by atoms with E-state index in [0.717, 1.165) is 23.2 Å². The largest absolute Gasteiger partial charge is 0.322 e. The zero-order valence-electron chi connectivity index (χ0n) is 16.4. The molecule has 1 N–H and O–H groups in total. The monoisotopic (exact) mass is 386 g/mol. The zero-order chi connectivity index (χ0) is 20.3. The highest BCUT2D eigenvalue weighted by Crippen LogP contribution is 2.53. The standard InChI is InChI=1S/C24H22N2O3/c1-13-3-4-14(2)19(11-13)25-22(27)15-7-9-18(10-8-15)26-23(28)20-16-5-6-17(12-16)21(20)24(26)29/h3-11,16-17,20-21H,12H2,1-2H3,(H,25,27)/t16-,17+,20-,21-/m0/s1. The highest BCUT2D eigenvalue weighted by Gasteiger charge is 2.59. The van der Waals surface area contributed by atoms with Crippen molar-refractivity contribution in [2.45, 2.75) is 20.3 Å². The van der Waals surface area contributed by atoms with Crippen molar-refractivity contribution >= 4 is 29.1 Å². The molecule has 5 nitrogen and oxygen atoms in total. The van der Waals surface area contributed by atoms with Crippen LogP contribution in [0, 0.1) is 37.5 Å².